The first-order valence-corrected chi connectivity index (χ1v) is 12.6. The second-order valence-corrected chi connectivity index (χ2v) is 10.3. The second-order valence-electron chi connectivity index (χ2n) is 9.90. The third-order valence-corrected chi connectivity index (χ3v) is 7.00. The number of hydrogen-bond acceptors (Lipinski definition) is 6. The van der Waals surface area contributed by atoms with Crippen LogP contribution in [-0.4, -0.2) is 17.1 Å². The van der Waals surface area contributed by atoms with Crippen LogP contribution in [0.1, 0.15) is 60.7 Å². The Hall–Kier alpha value is -3.20. The third-order valence-electron chi connectivity index (χ3n) is 6.79. The summed E-state index contributed by atoms with van der Waals surface area (Å²) in [5.74, 6) is 0.154. The highest BCUT2D eigenvalue weighted by Crippen LogP contribution is 2.35. The summed E-state index contributed by atoms with van der Waals surface area (Å²) in [5, 5.41) is 14.2. The molecule has 1 aliphatic rings. The van der Waals surface area contributed by atoms with Crippen LogP contribution >= 0.6 is 11.6 Å². The second kappa shape index (κ2) is 9.60. The van der Waals surface area contributed by atoms with Crippen LogP contribution in [0.5, 0.6) is 0 Å². The molecule has 5 rings (SSSR count). The molecule has 190 valence electrons. The SMILES string of the molecule is Cc1cc([C@H](C)Nc2ccc(Cl)nc2-c2cc(F)c3c(c2)COB3O)c2oc(C(C)C)c(C)c(=O)c2c1. The summed E-state index contributed by atoms with van der Waals surface area (Å²) < 4.78 is 26.4. The van der Waals surface area contributed by atoms with E-state index in [0.717, 1.165) is 11.1 Å². The summed E-state index contributed by atoms with van der Waals surface area (Å²) >= 11 is 6.23. The number of hydrogen-bond donors (Lipinski definition) is 2. The predicted molar refractivity (Wildman–Crippen MR) is 145 cm³/mol. The van der Waals surface area contributed by atoms with Gasteiger partial charge in [0.05, 0.1) is 29.4 Å². The summed E-state index contributed by atoms with van der Waals surface area (Å²) in [6, 6.07) is 10.1. The Balaban J connectivity index is 1.61. The van der Waals surface area contributed by atoms with Gasteiger partial charge in [0.25, 0.3) is 0 Å². The van der Waals surface area contributed by atoms with Gasteiger partial charge in [-0.2, -0.15) is 0 Å². The van der Waals surface area contributed by atoms with Crippen molar-refractivity contribution in [2.24, 2.45) is 0 Å². The van der Waals surface area contributed by atoms with Crippen LogP contribution in [0.2, 0.25) is 5.15 Å². The molecule has 6 nitrogen and oxygen atoms in total. The van der Waals surface area contributed by atoms with Crippen molar-refractivity contribution in [2.75, 3.05) is 5.32 Å². The highest BCUT2D eigenvalue weighted by molar-refractivity contribution is 6.61. The number of fused-ring (bicyclic) bond motifs is 2. The Kier molecular flexibility index (Phi) is 6.60. The molecule has 9 heteroatoms. The summed E-state index contributed by atoms with van der Waals surface area (Å²) in [6.45, 7) is 9.81. The number of benzene rings is 2. The lowest BCUT2D eigenvalue weighted by Gasteiger charge is -2.21. The van der Waals surface area contributed by atoms with Gasteiger partial charge in [-0.05, 0) is 62.2 Å². The van der Waals surface area contributed by atoms with Gasteiger partial charge >= 0.3 is 7.12 Å². The Morgan fingerprint density at radius 1 is 1.16 bits per heavy atom. The Bertz CT molecular complexity index is 1600. The molecule has 0 fully saturated rings. The van der Waals surface area contributed by atoms with E-state index >= 15 is 0 Å². The lowest BCUT2D eigenvalue weighted by Crippen LogP contribution is -2.31. The predicted octanol–water partition coefficient (Wildman–Crippen LogP) is 5.78. The minimum absolute atomic E-state index is 0.0334. The molecule has 1 atom stereocenters. The first-order chi connectivity index (χ1) is 17.5. The van der Waals surface area contributed by atoms with E-state index in [-0.39, 0.29) is 34.6 Å². The quantitative estimate of drug-likeness (QED) is 0.256. The van der Waals surface area contributed by atoms with Crippen LogP contribution in [0.3, 0.4) is 0 Å². The van der Waals surface area contributed by atoms with E-state index in [2.05, 4.69) is 10.3 Å². The molecule has 2 N–H and O–H groups in total. The van der Waals surface area contributed by atoms with Gasteiger partial charge in [0.2, 0.25) is 0 Å². The molecule has 2 aromatic heterocycles. The maximum atomic E-state index is 14.9. The van der Waals surface area contributed by atoms with E-state index in [0.29, 0.717) is 44.8 Å². The average Bonchev–Trinajstić information content (AvgIpc) is 3.23. The molecule has 0 spiro atoms. The van der Waals surface area contributed by atoms with Gasteiger partial charge in [0, 0.05) is 28.1 Å². The first kappa shape index (κ1) is 25.5. The largest absolute Gasteiger partial charge is 0.494 e. The number of anilines is 1. The fourth-order valence-electron chi connectivity index (χ4n) is 5.00. The number of rotatable bonds is 5. The zero-order valence-corrected chi connectivity index (χ0v) is 22.0. The lowest BCUT2D eigenvalue weighted by molar-refractivity contribution is 0.275. The number of aryl methyl sites for hydroxylation is 1. The molecule has 37 heavy (non-hydrogen) atoms. The first-order valence-electron chi connectivity index (χ1n) is 12.2. The van der Waals surface area contributed by atoms with Crippen LogP contribution in [-0.2, 0) is 11.3 Å². The standard InChI is InChI=1S/C28H27BClFN2O4/c1-13(2)27-15(4)26(34)20-9-14(3)8-19(28(20)37-27)16(5)32-22-6-7-23(30)33-25(22)17-10-18-12-36-29(35)24(18)21(31)11-17/h6-11,13,16,32,35H,12H2,1-5H3/t16-/m0/s1. The van der Waals surface area contributed by atoms with Crippen LogP contribution < -0.4 is 16.2 Å². The molecular formula is C28H27BClFN2O4. The van der Waals surface area contributed by atoms with E-state index in [1.807, 2.05) is 39.8 Å². The van der Waals surface area contributed by atoms with Gasteiger partial charge < -0.3 is 19.4 Å². The molecule has 0 bridgehead atoms. The summed E-state index contributed by atoms with van der Waals surface area (Å²) in [5.41, 5.74) is 5.19. The van der Waals surface area contributed by atoms with Crippen molar-refractivity contribution < 1.29 is 18.5 Å². The molecule has 0 aliphatic carbocycles. The minimum Gasteiger partial charge on any atom is -0.460 e. The molecule has 0 amide bonds. The van der Waals surface area contributed by atoms with E-state index in [9.17, 15) is 14.2 Å². The van der Waals surface area contributed by atoms with Crippen LogP contribution in [0.15, 0.2) is 45.6 Å². The molecule has 0 radical (unpaired) electrons. The molecule has 1 aliphatic heterocycles. The average molecular weight is 521 g/mol. The topological polar surface area (TPSA) is 84.6 Å². The maximum absolute atomic E-state index is 14.9. The smallest absolute Gasteiger partial charge is 0.460 e. The molecule has 0 saturated carbocycles. The zero-order chi connectivity index (χ0) is 26.6. The van der Waals surface area contributed by atoms with Gasteiger partial charge in [0.1, 0.15) is 22.3 Å². The molecular weight excluding hydrogens is 494 g/mol. The van der Waals surface area contributed by atoms with E-state index in [4.69, 9.17) is 20.7 Å². The van der Waals surface area contributed by atoms with E-state index < -0.39 is 12.9 Å². The Morgan fingerprint density at radius 2 is 1.92 bits per heavy atom. The van der Waals surface area contributed by atoms with Crippen molar-refractivity contribution in [1.82, 2.24) is 4.98 Å². The van der Waals surface area contributed by atoms with Crippen molar-refractivity contribution in [2.45, 2.75) is 53.2 Å². The Labute approximate surface area is 219 Å². The number of pyridine rings is 1. The fourth-order valence-corrected chi connectivity index (χ4v) is 5.15. The van der Waals surface area contributed by atoms with Gasteiger partial charge in [-0.15, -0.1) is 0 Å². The lowest BCUT2D eigenvalue weighted by atomic mass is 9.78. The Morgan fingerprint density at radius 3 is 2.65 bits per heavy atom. The highest BCUT2D eigenvalue weighted by atomic mass is 35.5. The van der Waals surface area contributed by atoms with Crippen molar-refractivity contribution in [3.8, 4) is 11.3 Å². The monoisotopic (exact) mass is 520 g/mol. The summed E-state index contributed by atoms with van der Waals surface area (Å²) in [6.07, 6.45) is 0. The number of aromatic nitrogens is 1. The van der Waals surface area contributed by atoms with Crippen molar-refractivity contribution in [3.05, 3.63) is 85.6 Å². The molecule has 4 aromatic rings. The molecule has 3 heterocycles. The number of nitrogens with one attached hydrogen (secondary N) is 1. The number of nitrogens with zero attached hydrogens (tertiary/aromatic N) is 1. The van der Waals surface area contributed by atoms with Gasteiger partial charge in [-0.3, -0.25) is 4.79 Å². The molecule has 0 saturated heterocycles. The van der Waals surface area contributed by atoms with Gasteiger partial charge in [0.15, 0.2) is 5.43 Å². The minimum atomic E-state index is -1.28. The maximum Gasteiger partial charge on any atom is 0.494 e. The van der Waals surface area contributed by atoms with Gasteiger partial charge in [-0.25, -0.2) is 9.37 Å². The van der Waals surface area contributed by atoms with Gasteiger partial charge in [-0.1, -0.05) is 31.5 Å². The third kappa shape index (κ3) is 4.54. The molecule has 2 aromatic carbocycles. The normalized spacial score (nSPS) is 13.9. The highest BCUT2D eigenvalue weighted by Gasteiger charge is 2.32. The van der Waals surface area contributed by atoms with Crippen molar-refractivity contribution in [1.29, 1.82) is 0 Å². The molecule has 0 unspecified atom stereocenters. The van der Waals surface area contributed by atoms with Crippen LogP contribution in [0, 0.1) is 19.7 Å². The number of halogens is 2. The van der Waals surface area contributed by atoms with E-state index in [1.54, 1.807) is 25.1 Å². The van der Waals surface area contributed by atoms with Crippen LogP contribution in [0.25, 0.3) is 22.2 Å². The summed E-state index contributed by atoms with van der Waals surface area (Å²) in [7, 11) is -1.28. The summed E-state index contributed by atoms with van der Waals surface area (Å²) in [4.78, 5) is 17.7. The van der Waals surface area contributed by atoms with Crippen molar-refractivity contribution >= 4 is 40.8 Å². The fraction of sp³-hybridized carbons (Fsp3) is 0.286. The van der Waals surface area contributed by atoms with Crippen LogP contribution in [0.4, 0.5) is 10.1 Å². The van der Waals surface area contributed by atoms with Crippen molar-refractivity contribution in [3.63, 3.8) is 0 Å². The zero-order valence-electron chi connectivity index (χ0n) is 21.3. The van der Waals surface area contributed by atoms with E-state index in [1.165, 1.54) is 6.07 Å².